The molecule has 9 heteroatoms. The molecule has 0 aliphatic heterocycles. The molecule has 1 N–H and O–H groups in total. The first-order valence-electron chi connectivity index (χ1n) is 11.1. The summed E-state index contributed by atoms with van der Waals surface area (Å²) in [5, 5.41) is 2.96. The Bertz CT molecular complexity index is 1110. The average Bonchev–Trinajstić information content (AvgIpc) is 2.71. The molecule has 2 aromatic carbocycles. The quantitative estimate of drug-likeness (QED) is 0.504. The number of hydrogen-bond donors (Lipinski definition) is 1. The normalized spacial score (nSPS) is 12.7. The first-order chi connectivity index (χ1) is 15.7. The standard InChI is InChI=1S/C25H34BrN3O4S/c1-7-22(24(31)27-25(3,4)5)28(16-19-11-9-8-10-18(19)2)23(30)17-29(34(6,32)33)21-14-12-20(26)13-15-21/h8-15,22H,7,16-17H2,1-6H3,(H,27,31). The molecular weight excluding hydrogens is 518 g/mol. The number of carbonyl (C=O) groups excluding carboxylic acids is 2. The van der Waals surface area contributed by atoms with Crippen LogP contribution in [0.2, 0.25) is 0 Å². The van der Waals surface area contributed by atoms with Crippen LogP contribution in [-0.2, 0) is 26.2 Å². The fourth-order valence-corrected chi connectivity index (χ4v) is 4.68. The van der Waals surface area contributed by atoms with E-state index in [-0.39, 0.29) is 12.5 Å². The van der Waals surface area contributed by atoms with Crippen molar-refractivity contribution in [2.75, 3.05) is 17.1 Å². The molecule has 0 aliphatic carbocycles. The molecule has 0 saturated heterocycles. The highest BCUT2D eigenvalue weighted by atomic mass is 79.9. The van der Waals surface area contributed by atoms with Gasteiger partial charge in [0.15, 0.2) is 0 Å². The zero-order valence-corrected chi connectivity index (χ0v) is 23.0. The smallest absolute Gasteiger partial charge is 0.244 e. The van der Waals surface area contributed by atoms with Crippen molar-refractivity contribution in [3.8, 4) is 0 Å². The van der Waals surface area contributed by atoms with Gasteiger partial charge in [0.05, 0.1) is 11.9 Å². The van der Waals surface area contributed by atoms with Crippen molar-refractivity contribution < 1.29 is 18.0 Å². The maximum Gasteiger partial charge on any atom is 0.244 e. The second-order valence-corrected chi connectivity index (χ2v) is 12.2. The third-order valence-corrected chi connectivity index (χ3v) is 6.95. The Morgan fingerprint density at radius 3 is 2.15 bits per heavy atom. The maximum absolute atomic E-state index is 13.7. The van der Waals surface area contributed by atoms with Gasteiger partial charge in [-0.3, -0.25) is 13.9 Å². The van der Waals surface area contributed by atoms with E-state index in [0.29, 0.717) is 12.1 Å². The summed E-state index contributed by atoms with van der Waals surface area (Å²) in [6.45, 7) is 9.20. The molecule has 2 amide bonds. The van der Waals surface area contributed by atoms with Crippen molar-refractivity contribution in [3.05, 3.63) is 64.1 Å². The van der Waals surface area contributed by atoms with Crippen LogP contribution in [0.5, 0.6) is 0 Å². The molecule has 1 atom stereocenters. The lowest BCUT2D eigenvalue weighted by atomic mass is 10.0. The highest BCUT2D eigenvalue weighted by Crippen LogP contribution is 2.22. The molecule has 0 aromatic heterocycles. The molecule has 7 nitrogen and oxygen atoms in total. The number of sulfonamides is 1. The van der Waals surface area contributed by atoms with E-state index in [0.717, 1.165) is 26.2 Å². The number of hydrogen-bond acceptors (Lipinski definition) is 4. The summed E-state index contributed by atoms with van der Waals surface area (Å²) in [6, 6.07) is 13.6. The van der Waals surface area contributed by atoms with Gasteiger partial charge in [-0.25, -0.2) is 8.42 Å². The molecule has 186 valence electrons. The molecule has 1 unspecified atom stereocenters. The van der Waals surface area contributed by atoms with Crippen molar-refractivity contribution in [1.82, 2.24) is 10.2 Å². The van der Waals surface area contributed by atoms with Gasteiger partial charge in [-0.15, -0.1) is 0 Å². The lowest BCUT2D eigenvalue weighted by Gasteiger charge is -2.34. The zero-order valence-electron chi connectivity index (χ0n) is 20.6. The Kier molecular flexibility index (Phi) is 9.30. The minimum atomic E-state index is -3.75. The summed E-state index contributed by atoms with van der Waals surface area (Å²) in [4.78, 5) is 28.3. The molecule has 34 heavy (non-hydrogen) atoms. The van der Waals surface area contributed by atoms with Crippen LogP contribution in [0.15, 0.2) is 53.0 Å². The topological polar surface area (TPSA) is 86.8 Å². The Hall–Kier alpha value is -2.39. The van der Waals surface area contributed by atoms with E-state index in [9.17, 15) is 18.0 Å². The predicted molar refractivity (Wildman–Crippen MR) is 140 cm³/mol. The highest BCUT2D eigenvalue weighted by molar-refractivity contribution is 9.10. The molecule has 2 rings (SSSR count). The summed E-state index contributed by atoms with van der Waals surface area (Å²) in [6.07, 6.45) is 1.45. The average molecular weight is 553 g/mol. The molecule has 0 spiro atoms. The van der Waals surface area contributed by atoms with E-state index >= 15 is 0 Å². The number of nitrogens with one attached hydrogen (secondary N) is 1. The number of anilines is 1. The summed E-state index contributed by atoms with van der Waals surface area (Å²) in [7, 11) is -3.75. The van der Waals surface area contributed by atoms with E-state index in [4.69, 9.17) is 0 Å². The van der Waals surface area contributed by atoms with Crippen LogP contribution in [0.1, 0.15) is 45.2 Å². The number of aryl methyl sites for hydroxylation is 1. The highest BCUT2D eigenvalue weighted by Gasteiger charge is 2.33. The van der Waals surface area contributed by atoms with Gasteiger partial charge in [-0.2, -0.15) is 0 Å². The van der Waals surface area contributed by atoms with Crippen LogP contribution in [0.25, 0.3) is 0 Å². The lowest BCUT2D eigenvalue weighted by Crippen LogP contribution is -2.55. The molecular formula is C25H34BrN3O4S. The molecule has 0 radical (unpaired) electrons. The van der Waals surface area contributed by atoms with Gasteiger partial charge in [-0.05, 0) is 69.5 Å². The summed E-state index contributed by atoms with van der Waals surface area (Å²) < 4.78 is 27.1. The van der Waals surface area contributed by atoms with Gasteiger partial charge in [0.25, 0.3) is 0 Å². The minimum Gasteiger partial charge on any atom is -0.350 e. The van der Waals surface area contributed by atoms with Gasteiger partial charge < -0.3 is 10.2 Å². The van der Waals surface area contributed by atoms with E-state index in [1.165, 1.54) is 4.90 Å². The van der Waals surface area contributed by atoms with Gasteiger partial charge >= 0.3 is 0 Å². The molecule has 0 bridgehead atoms. The van der Waals surface area contributed by atoms with Crippen LogP contribution in [0.3, 0.4) is 0 Å². The van der Waals surface area contributed by atoms with E-state index < -0.39 is 34.1 Å². The van der Waals surface area contributed by atoms with Crippen LogP contribution >= 0.6 is 15.9 Å². The third-order valence-electron chi connectivity index (χ3n) is 5.28. The fraction of sp³-hybridized carbons (Fsp3) is 0.440. The monoisotopic (exact) mass is 551 g/mol. The molecule has 0 aliphatic rings. The predicted octanol–water partition coefficient (Wildman–Crippen LogP) is 4.25. The second-order valence-electron chi connectivity index (χ2n) is 9.36. The molecule has 0 heterocycles. The number of carbonyl (C=O) groups is 2. The SMILES string of the molecule is CCC(C(=O)NC(C)(C)C)N(Cc1ccccc1C)C(=O)CN(c1ccc(Br)cc1)S(C)(=O)=O. The maximum atomic E-state index is 13.7. The van der Waals surface area contributed by atoms with Gasteiger partial charge in [0.2, 0.25) is 21.8 Å². The van der Waals surface area contributed by atoms with Crippen molar-refractivity contribution in [1.29, 1.82) is 0 Å². The Morgan fingerprint density at radius 1 is 1.06 bits per heavy atom. The molecule has 2 aromatic rings. The third kappa shape index (κ3) is 7.84. The Morgan fingerprint density at radius 2 is 1.65 bits per heavy atom. The van der Waals surface area contributed by atoms with Gasteiger partial charge in [0.1, 0.15) is 12.6 Å². The first-order valence-corrected chi connectivity index (χ1v) is 13.8. The summed E-state index contributed by atoms with van der Waals surface area (Å²) in [5.74, 6) is -0.723. The van der Waals surface area contributed by atoms with Crippen LogP contribution in [-0.4, -0.2) is 49.5 Å². The lowest BCUT2D eigenvalue weighted by molar-refractivity contribution is -0.141. The van der Waals surface area contributed by atoms with Gasteiger partial charge in [0, 0.05) is 16.6 Å². The summed E-state index contributed by atoms with van der Waals surface area (Å²) >= 11 is 3.34. The van der Waals surface area contributed by atoms with Crippen LogP contribution in [0.4, 0.5) is 5.69 Å². The number of rotatable bonds is 9. The van der Waals surface area contributed by atoms with Crippen LogP contribution < -0.4 is 9.62 Å². The van der Waals surface area contributed by atoms with Crippen molar-refractivity contribution in [3.63, 3.8) is 0 Å². The zero-order chi connectivity index (χ0) is 25.7. The molecule has 0 saturated carbocycles. The van der Waals surface area contributed by atoms with E-state index in [1.807, 2.05) is 58.9 Å². The number of amides is 2. The fourth-order valence-electron chi connectivity index (χ4n) is 3.56. The van der Waals surface area contributed by atoms with Crippen molar-refractivity contribution in [2.45, 2.75) is 59.2 Å². The summed E-state index contributed by atoms with van der Waals surface area (Å²) in [5.41, 5.74) is 1.78. The minimum absolute atomic E-state index is 0.194. The largest absolute Gasteiger partial charge is 0.350 e. The van der Waals surface area contributed by atoms with Crippen molar-refractivity contribution >= 4 is 43.5 Å². The van der Waals surface area contributed by atoms with Crippen molar-refractivity contribution in [2.24, 2.45) is 0 Å². The van der Waals surface area contributed by atoms with E-state index in [1.54, 1.807) is 24.3 Å². The number of halogens is 1. The molecule has 0 fully saturated rings. The second kappa shape index (κ2) is 11.4. The number of nitrogens with zero attached hydrogens (tertiary/aromatic N) is 2. The van der Waals surface area contributed by atoms with E-state index in [2.05, 4.69) is 21.2 Å². The Balaban J connectivity index is 2.46. The first kappa shape index (κ1) is 27.9. The number of benzene rings is 2. The van der Waals surface area contributed by atoms with Crippen LogP contribution in [0, 0.1) is 6.92 Å². The van der Waals surface area contributed by atoms with Gasteiger partial charge in [-0.1, -0.05) is 47.1 Å². The Labute approximate surface area is 211 Å².